The summed E-state index contributed by atoms with van der Waals surface area (Å²) in [5.74, 6) is 0.383. The third kappa shape index (κ3) is 3.46. The van der Waals surface area contributed by atoms with Crippen LogP contribution in [0.2, 0.25) is 0 Å². The zero-order valence-corrected chi connectivity index (χ0v) is 13.9. The monoisotopic (exact) mass is 319 g/mol. The van der Waals surface area contributed by atoms with Crippen molar-refractivity contribution in [2.24, 2.45) is 0 Å². The highest BCUT2D eigenvalue weighted by atomic mass is 32.2. The molecule has 0 unspecified atom stereocenters. The highest BCUT2D eigenvalue weighted by molar-refractivity contribution is 7.99. The smallest absolute Gasteiger partial charge is 0.167 e. The molecule has 0 spiro atoms. The van der Waals surface area contributed by atoms with Crippen LogP contribution in [0, 0.1) is 25.2 Å². The van der Waals surface area contributed by atoms with E-state index in [-0.39, 0.29) is 0 Å². The van der Waals surface area contributed by atoms with Crippen molar-refractivity contribution in [3.8, 4) is 28.6 Å². The van der Waals surface area contributed by atoms with E-state index >= 15 is 0 Å². The van der Waals surface area contributed by atoms with E-state index in [9.17, 15) is 0 Å². The second-order valence-corrected chi connectivity index (χ2v) is 6.41. The number of nitrogens with zero attached hydrogens (tertiary/aromatic N) is 2. The number of hydrogen-bond donors (Lipinski definition) is 1. The first kappa shape index (κ1) is 15.4. The fourth-order valence-electron chi connectivity index (χ4n) is 2.37. The summed E-state index contributed by atoms with van der Waals surface area (Å²) in [7, 11) is 0. The number of thioether (sulfide) groups is 1. The van der Waals surface area contributed by atoms with E-state index in [1.54, 1.807) is 0 Å². The van der Waals surface area contributed by atoms with Crippen molar-refractivity contribution >= 4 is 11.8 Å². The Bertz CT molecular complexity index is 777. The predicted octanol–water partition coefficient (Wildman–Crippen LogP) is 4.98. The molecule has 0 aliphatic carbocycles. The number of hydrogen-bond acceptors (Lipinski definition) is 3. The van der Waals surface area contributed by atoms with Gasteiger partial charge in [-0.25, -0.2) is 4.98 Å². The second-order valence-electron chi connectivity index (χ2n) is 5.44. The lowest BCUT2D eigenvalue weighted by Crippen LogP contribution is -1.84. The van der Waals surface area contributed by atoms with Gasteiger partial charge in [0.2, 0.25) is 0 Å². The molecule has 3 rings (SSSR count). The van der Waals surface area contributed by atoms with Gasteiger partial charge in [-0.3, -0.25) is 0 Å². The van der Waals surface area contributed by atoms with Gasteiger partial charge in [-0.05, 0) is 13.8 Å². The topological polar surface area (TPSA) is 52.5 Å². The van der Waals surface area contributed by atoms with Gasteiger partial charge in [0.1, 0.15) is 0 Å². The maximum absolute atomic E-state index is 8.79. The average molecular weight is 319 g/mol. The Balaban J connectivity index is 2.08. The molecule has 0 aliphatic rings. The van der Waals surface area contributed by atoms with Crippen molar-refractivity contribution in [3.05, 3.63) is 59.7 Å². The van der Waals surface area contributed by atoms with E-state index < -0.39 is 0 Å². The molecule has 114 valence electrons. The van der Waals surface area contributed by atoms with Crippen molar-refractivity contribution in [2.45, 2.75) is 19.0 Å². The zero-order chi connectivity index (χ0) is 16.2. The fourth-order valence-corrected chi connectivity index (χ4v) is 2.90. The molecule has 0 saturated heterocycles. The molecule has 4 heteroatoms. The number of nitrogens with one attached hydrogen (secondary N) is 1. The van der Waals surface area contributed by atoms with Gasteiger partial charge in [-0.1, -0.05) is 71.4 Å². The van der Waals surface area contributed by atoms with Crippen molar-refractivity contribution in [1.82, 2.24) is 9.97 Å². The summed E-state index contributed by atoms with van der Waals surface area (Å²) < 4.78 is 0. The zero-order valence-electron chi connectivity index (χ0n) is 13.1. The van der Waals surface area contributed by atoms with Crippen molar-refractivity contribution in [1.29, 1.82) is 5.26 Å². The standard InChI is InChI=1S/C19H17N3S/c1-13-3-7-15(8-4-13)17-18(16-9-5-14(2)6-10-16)22-19(21-17)23-12-11-20/h3-10H,12H2,1-2H3,(H,21,22). The van der Waals surface area contributed by atoms with Crippen molar-refractivity contribution < 1.29 is 0 Å². The molecular weight excluding hydrogens is 302 g/mol. The number of aryl methyl sites for hydroxylation is 2. The lowest BCUT2D eigenvalue weighted by molar-refractivity contribution is 1.06. The Hall–Kier alpha value is -2.51. The summed E-state index contributed by atoms with van der Waals surface area (Å²) in [5, 5.41) is 9.56. The summed E-state index contributed by atoms with van der Waals surface area (Å²) in [6.07, 6.45) is 0. The highest BCUT2D eigenvalue weighted by Crippen LogP contribution is 2.32. The molecule has 0 atom stereocenters. The third-order valence-electron chi connectivity index (χ3n) is 3.62. The summed E-state index contributed by atoms with van der Waals surface area (Å²) in [4.78, 5) is 8.07. The number of rotatable bonds is 4. The Labute approximate surface area is 140 Å². The molecule has 2 aromatic carbocycles. The summed E-state index contributed by atoms with van der Waals surface area (Å²) in [6.45, 7) is 4.15. The highest BCUT2D eigenvalue weighted by Gasteiger charge is 2.14. The molecule has 1 heterocycles. The van der Waals surface area contributed by atoms with Gasteiger partial charge in [0, 0.05) is 11.1 Å². The van der Waals surface area contributed by atoms with E-state index in [0.717, 1.165) is 27.7 Å². The van der Waals surface area contributed by atoms with Gasteiger partial charge in [-0.2, -0.15) is 5.26 Å². The fraction of sp³-hybridized carbons (Fsp3) is 0.158. The third-order valence-corrected chi connectivity index (χ3v) is 4.36. The number of H-pyrrole nitrogens is 1. The lowest BCUT2D eigenvalue weighted by Gasteiger charge is -2.04. The maximum atomic E-state index is 8.79. The molecule has 0 fully saturated rings. The molecule has 0 amide bonds. The molecule has 23 heavy (non-hydrogen) atoms. The Morgan fingerprint density at radius 2 is 1.52 bits per heavy atom. The van der Waals surface area contributed by atoms with E-state index in [0.29, 0.717) is 5.75 Å². The van der Waals surface area contributed by atoms with Crippen molar-refractivity contribution in [3.63, 3.8) is 0 Å². The second kappa shape index (κ2) is 6.72. The molecule has 0 aliphatic heterocycles. The number of imidazole rings is 1. The minimum Gasteiger partial charge on any atom is -0.332 e. The quantitative estimate of drug-likeness (QED) is 0.690. The van der Waals surface area contributed by atoms with Gasteiger partial charge >= 0.3 is 0 Å². The van der Waals surface area contributed by atoms with Crippen LogP contribution in [0.1, 0.15) is 11.1 Å². The largest absolute Gasteiger partial charge is 0.332 e. The van der Waals surface area contributed by atoms with Crippen LogP contribution >= 0.6 is 11.8 Å². The van der Waals surface area contributed by atoms with Crippen LogP contribution in [-0.4, -0.2) is 15.7 Å². The van der Waals surface area contributed by atoms with E-state index in [1.807, 2.05) is 0 Å². The number of benzene rings is 2. The predicted molar refractivity (Wildman–Crippen MR) is 95.3 cm³/mol. The molecule has 3 nitrogen and oxygen atoms in total. The average Bonchev–Trinajstić information content (AvgIpc) is 2.98. The van der Waals surface area contributed by atoms with Crippen LogP contribution in [0.25, 0.3) is 22.5 Å². The van der Waals surface area contributed by atoms with Gasteiger partial charge in [0.15, 0.2) is 5.16 Å². The lowest BCUT2D eigenvalue weighted by atomic mass is 10.0. The number of nitriles is 1. The van der Waals surface area contributed by atoms with Crippen LogP contribution in [0.3, 0.4) is 0 Å². The van der Waals surface area contributed by atoms with Crippen LogP contribution in [0.15, 0.2) is 53.7 Å². The van der Waals surface area contributed by atoms with Gasteiger partial charge in [-0.15, -0.1) is 0 Å². The molecule has 1 aromatic heterocycles. The van der Waals surface area contributed by atoms with E-state index in [2.05, 4.69) is 73.4 Å². The van der Waals surface area contributed by atoms with E-state index in [1.165, 1.54) is 22.9 Å². The van der Waals surface area contributed by atoms with Crippen LogP contribution in [0.5, 0.6) is 0 Å². The summed E-state index contributed by atoms with van der Waals surface area (Å²) in [6, 6.07) is 18.9. The van der Waals surface area contributed by atoms with Gasteiger partial charge in [0.05, 0.1) is 23.2 Å². The molecular formula is C19H17N3S. The normalized spacial score (nSPS) is 10.5. The molecule has 0 saturated carbocycles. The van der Waals surface area contributed by atoms with E-state index in [4.69, 9.17) is 10.2 Å². The maximum Gasteiger partial charge on any atom is 0.167 e. The minimum absolute atomic E-state index is 0.383. The SMILES string of the molecule is Cc1ccc(-c2nc(SCC#N)[nH]c2-c2ccc(C)cc2)cc1. The van der Waals surface area contributed by atoms with Crippen molar-refractivity contribution in [2.75, 3.05) is 5.75 Å². The Morgan fingerprint density at radius 1 is 0.957 bits per heavy atom. The van der Waals surface area contributed by atoms with Crippen LogP contribution in [-0.2, 0) is 0 Å². The van der Waals surface area contributed by atoms with Gasteiger partial charge < -0.3 is 4.98 Å². The molecule has 0 bridgehead atoms. The summed E-state index contributed by atoms with van der Waals surface area (Å²) in [5.41, 5.74) is 6.54. The number of aromatic nitrogens is 2. The van der Waals surface area contributed by atoms with Gasteiger partial charge in [0.25, 0.3) is 0 Å². The first-order valence-electron chi connectivity index (χ1n) is 7.41. The first-order chi connectivity index (χ1) is 11.2. The minimum atomic E-state index is 0.383. The summed E-state index contributed by atoms with van der Waals surface area (Å²) >= 11 is 1.42. The number of aromatic amines is 1. The Kier molecular flexibility index (Phi) is 4.50. The Morgan fingerprint density at radius 3 is 2.09 bits per heavy atom. The first-order valence-corrected chi connectivity index (χ1v) is 8.40. The molecule has 3 aromatic rings. The van der Waals surface area contributed by atoms with Crippen LogP contribution in [0.4, 0.5) is 0 Å². The van der Waals surface area contributed by atoms with Crippen LogP contribution < -0.4 is 0 Å². The molecule has 0 radical (unpaired) electrons. The molecule has 1 N–H and O–H groups in total.